The number of benzene rings is 1. The fourth-order valence-corrected chi connectivity index (χ4v) is 2.90. The summed E-state index contributed by atoms with van der Waals surface area (Å²) in [5.41, 5.74) is 4.65. The van der Waals surface area contributed by atoms with Crippen LogP contribution in [0, 0.1) is 12.3 Å². The van der Waals surface area contributed by atoms with Gasteiger partial charge in [-0.1, -0.05) is 12.1 Å². The molecule has 4 aromatic rings. The van der Waals surface area contributed by atoms with Crippen molar-refractivity contribution in [1.29, 1.82) is 5.41 Å². The first-order chi connectivity index (χ1) is 12.5. The lowest BCUT2D eigenvalue weighted by atomic mass is 10.0. The number of hydrogen-bond acceptors (Lipinski definition) is 5. The Kier molecular flexibility index (Phi) is 4.96. The number of nitrogens with one attached hydrogen (secondary N) is 1. The molecule has 0 fully saturated rings. The van der Waals surface area contributed by atoms with Crippen LogP contribution in [0.3, 0.4) is 0 Å². The molecule has 0 amide bonds. The molecule has 1 N–H and O–H groups in total. The average molecular weight is 383 g/mol. The highest BCUT2D eigenvalue weighted by Crippen LogP contribution is 2.30. The van der Waals surface area contributed by atoms with Gasteiger partial charge < -0.3 is 10.1 Å². The van der Waals surface area contributed by atoms with Crippen LogP contribution in [0.2, 0.25) is 0 Å². The summed E-state index contributed by atoms with van der Waals surface area (Å²) in [6, 6.07) is 7.54. The Hall–Kier alpha value is -3.19. The van der Waals surface area contributed by atoms with E-state index in [-0.39, 0.29) is 12.4 Å². The minimum atomic E-state index is 0. The zero-order valence-electron chi connectivity index (χ0n) is 15.2. The summed E-state index contributed by atoms with van der Waals surface area (Å²) < 4.78 is 9.61. The van der Waals surface area contributed by atoms with Crippen LogP contribution in [0.15, 0.2) is 49.1 Å². The van der Waals surface area contributed by atoms with Gasteiger partial charge in [0.2, 0.25) is 5.88 Å². The van der Waals surface area contributed by atoms with E-state index in [4.69, 9.17) is 10.1 Å². The van der Waals surface area contributed by atoms with Crippen molar-refractivity contribution in [3.8, 4) is 22.9 Å². The predicted octanol–water partition coefficient (Wildman–Crippen LogP) is 4.04. The zero-order chi connectivity index (χ0) is 18.3. The SMILES string of the molecule is CC(=N)c1cccc(Oc2nc(-c3cnn(C)c3)cn3nccc23)c1C.Cl. The molecule has 0 atom stereocenters. The zero-order valence-corrected chi connectivity index (χ0v) is 16.0. The second-order valence-corrected chi connectivity index (χ2v) is 6.15. The van der Waals surface area contributed by atoms with E-state index < -0.39 is 0 Å². The fourth-order valence-electron chi connectivity index (χ4n) is 2.90. The highest BCUT2D eigenvalue weighted by molar-refractivity contribution is 5.98. The summed E-state index contributed by atoms with van der Waals surface area (Å²) in [7, 11) is 1.86. The highest BCUT2D eigenvalue weighted by atomic mass is 35.5. The Balaban J connectivity index is 0.00000210. The van der Waals surface area contributed by atoms with Crippen molar-refractivity contribution in [3.05, 3.63) is 60.2 Å². The summed E-state index contributed by atoms with van der Waals surface area (Å²) in [4.78, 5) is 4.68. The second-order valence-electron chi connectivity index (χ2n) is 6.15. The molecule has 0 aliphatic heterocycles. The maximum atomic E-state index is 7.91. The number of fused-ring (bicyclic) bond motifs is 1. The van der Waals surface area contributed by atoms with E-state index >= 15 is 0 Å². The molecule has 0 spiro atoms. The van der Waals surface area contributed by atoms with Crippen molar-refractivity contribution < 1.29 is 4.74 Å². The predicted molar refractivity (Wildman–Crippen MR) is 106 cm³/mol. The van der Waals surface area contributed by atoms with Crippen LogP contribution in [0.4, 0.5) is 0 Å². The molecule has 0 bridgehead atoms. The van der Waals surface area contributed by atoms with Crippen molar-refractivity contribution in [3.63, 3.8) is 0 Å². The molecule has 4 rings (SSSR count). The molecule has 0 saturated heterocycles. The molecule has 3 heterocycles. The van der Waals surface area contributed by atoms with Crippen molar-refractivity contribution >= 4 is 23.6 Å². The first kappa shape index (κ1) is 18.6. The third kappa shape index (κ3) is 3.41. The van der Waals surface area contributed by atoms with Gasteiger partial charge in [-0.2, -0.15) is 10.2 Å². The van der Waals surface area contributed by atoms with Crippen molar-refractivity contribution in [2.45, 2.75) is 13.8 Å². The van der Waals surface area contributed by atoms with Crippen LogP contribution in [0.5, 0.6) is 11.6 Å². The van der Waals surface area contributed by atoms with Crippen LogP contribution in [0.1, 0.15) is 18.1 Å². The Labute approximate surface area is 162 Å². The normalized spacial score (nSPS) is 10.6. The molecule has 27 heavy (non-hydrogen) atoms. The third-order valence-electron chi connectivity index (χ3n) is 4.25. The molecular weight excluding hydrogens is 364 g/mol. The summed E-state index contributed by atoms with van der Waals surface area (Å²) in [6.45, 7) is 3.71. The number of aryl methyl sites for hydroxylation is 1. The molecule has 138 valence electrons. The Bertz CT molecular complexity index is 1130. The minimum absolute atomic E-state index is 0. The molecule has 7 nitrogen and oxygen atoms in total. The maximum absolute atomic E-state index is 7.91. The van der Waals surface area contributed by atoms with E-state index in [0.717, 1.165) is 27.9 Å². The number of hydrogen-bond donors (Lipinski definition) is 1. The Morgan fingerprint density at radius 3 is 2.67 bits per heavy atom. The van der Waals surface area contributed by atoms with Crippen molar-refractivity contribution in [1.82, 2.24) is 24.4 Å². The monoisotopic (exact) mass is 382 g/mol. The van der Waals surface area contributed by atoms with Crippen LogP contribution < -0.4 is 4.74 Å². The first-order valence-electron chi connectivity index (χ1n) is 8.19. The van der Waals surface area contributed by atoms with Crippen LogP contribution >= 0.6 is 12.4 Å². The molecule has 0 saturated carbocycles. The number of halogens is 1. The number of nitrogens with zero attached hydrogens (tertiary/aromatic N) is 5. The van der Waals surface area contributed by atoms with E-state index in [0.29, 0.717) is 17.3 Å². The lowest BCUT2D eigenvalue weighted by Gasteiger charge is -2.13. The number of aromatic nitrogens is 5. The summed E-state index contributed by atoms with van der Waals surface area (Å²) in [5, 5.41) is 16.4. The van der Waals surface area contributed by atoms with Crippen LogP contribution in [0.25, 0.3) is 16.8 Å². The Morgan fingerprint density at radius 1 is 1.15 bits per heavy atom. The van der Waals surface area contributed by atoms with Gasteiger partial charge in [-0.05, 0) is 26.0 Å². The van der Waals surface area contributed by atoms with Crippen LogP contribution in [-0.4, -0.2) is 30.1 Å². The second kappa shape index (κ2) is 7.20. The molecule has 8 heteroatoms. The first-order valence-corrected chi connectivity index (χ1v) is 8.19. The summed E-state index contributed by atoms with van der Waals surface area (Å²) >= 11 is 0. The van der Waals surface area contributed by atoms with Gasteiger partial charge in [0, 0.05) is 35.6 Å². The van der Waals surface area contributed by atoms with Gasteiger partial charge in [-0.3, -0.25) is 4.68 Å². The van der Waals surface area contributed by atoms with E-state index in [1.807, 2.05) is 50.6 Å². The topological polar surface area (TPSA) is 81.1 Å². The molecule has 3 aromatic heterocycles. The molecule has 0 aliphatic carbocycles. The smallest absolute Gasteiger partial charge is 0.246 e. The third-order valence-corrected chi connectivity index (χ3v) is 4.25. The van der Waals surface area contributed by atoms with Gasteiger partial charge in [0.1, 0.15) is 11.3 Å². The Morgan fingerprint density at radius 2 is 1.96 bits per heavy atom. The standard InChI is InChI=1S/C19H18N6O.ClH/c1-12-15(13(2)20)5-4-6-18(12)26-19-17-7-8-21-25(17)11-16(23-19)14-9-22-24(3)10-14;/h4-11,20H,1-3H3;1H. The summed E-state index contributed by atoms with van der Waals surface area (Å²) in [5.74, 6) is 1.14. The molecule has 0 radical (unpaired) electrons. The maximum Gasteiger partial charge on any atom is 0.246 e. The van der Waals surface area contributed by atoms with Gasteiger partial charge in [0.15, 0.2) is 0 Å². The van der Waals surface area contributed by atoms with Gasteiger partial charge in [-0.25, -0.2) is 9.50 Å². The van der Waals surface area contributed by atoms with Crippen molar-refractivity contribution in [2.75, 3.05) is 0 Å². The van der Waals surface area contributed by atoms with E-state index in [1.165, 1.54) is 0 Å². The number of rotatable bonds is 4. The lowest BCUT2D eigenvalue weighted by Crippen LogP contribution is -2.01. The van der Waals surface area contributed by atoms with Gasteiger partial charge in [-0.15, -0.1) is 12.4 Å². The van der Waals surface area contributed by atoms with Crippen molar-refractivity contribution in [2.24, 2.45) is 7.05 Å². The minimum Gasteiger partial charge on any atom is -0.437 e. The lowest BCUT2D eigenvalue weighted by molar-refractivity contribution is 0.462. The van der Waals surface area contributed by atoms with E-state index in [1.54, 1.807) is 28.5 Å². The molecular formula is C19H19ClN6O. The average Bonchev–Trinajstić information content (AvgIpc) is 3.25. The largest absolute Gasteiger partial charge is 0.437 e. The number of ether oxygens (including phenoxy) is 1. The van der Waals surface area contributed by atoms with Crippen LogP contribution in [-0.2, 0) is 7.05 Å². The fraction of sp³-hybridized carbons (Fsp3) is 0.158. The summed E-state index contributed by atoms with van der Waals surface area (Å²) in [6.07, 6.45) is 7.21. The van der Waals surface area contributed by atoms with E-state index in [2.05, 4.69) is 15.2 Å². The molecule has 0 unspecified atom stereocenters. The van der Waals surface area contributed by atoms with Gasteiger partial charge in [0.05, 0.1) is 24.3 Å². The highest BCUT2D eigenvalue weighted by Gasteiger charge is 2.14. The quantitative estimate of drug-likeness (QED) is 0.540. The molecule has 1 aromatic carbocycles. The van der Waals surface area contributed by atoms with Gasteiger partial charge in [0.25, 0.3) is 0 Å². The van der Waals surface area contributed by atoms with E-state index in [9.17, 15) is 0 Å². The van der Waals surface area contributed by atoms with Gasteiger partial charge >= 0.3 is 0 Å². The molecule has 0 aliphatic rings.